The first-order valence-corrected chi connectivity index (χ1v) is 7.21. The fraction of sp³-hybridized carbons (Fsp3) is 0.385. The van der Waals surface area contributed by atoms with E-state index in [1.807, 2.05) is 6.07 Å². The second-order valence-electron chi connectivity index (χ2n) is 4.76. The number of fused-ring (bicyclic) bond motifs is 1. The van der Waals surface area contributed by atoms with Gasteiger partial charge in [0.05, 0.1) is 5.69 Å². The van der Waals surface area contributed by atoms with Gasteiger partial charge in [-0.1, -0.05) is 0 Å². The van der Waals surface area contributed by atoms with Gasteiger partial charge < -0.3 is 10.2 Å². The number of nitrogens with zero attached hydrogens (tertiary/aromatic N) is 1. The quantitative estimate of drug-likeness (QED) is 0.722. The largest absolute Gasteiger partial charge is 0.471 e. The van der Waals surface area contributed by atoms with Gasteiger partial charge in [0.2, 0.25) is 5.91 Å². The van der Waals surface area contributed by atoms with Crippen LogP contribution in [0.5, 0.6) is 0 Å². The molecule has 0 atom stereocenters. The first-order valence-electron chi connectivity index (χ1n) is 6.13. The average Bonchev–Trinajstić information content (AvgIpc) is 2.36. The minimum atomic E-state index is -4.86. The molecule has 114 valence electrons. The Labute approximate surface area is 132 Å². The Morgan fingerprint density at radius 1 is 1.29 bits per heavy atom. The molecule has 0 spiro atoms. The average molecular weight is 412 g/mol. The summed E-state index contributed by atoms with van der Waals surface area (Å²) in [5, 5.41) is 2.63. The number of amides is 2. The molecule has 2 rings (SSSR count). The number of carbonyl (C=O) groups excluding carboxylic acids is 2. The van der Waals surface area contributed by atoms with E-state index in [0.29, 0.717) is 17.7 Å². The normalized spacial score (nSPS) is 14.6. The number of hydrogen-bond acceptors (Lipinski definition) is 2. The molecule has 1 aliphatic rings. The van der Waals surface area contributed by atoms with Gasteiger partial charge in [-0.05, 0) is 52.3 Å². The van der Waals surface area contributed by atoms with Gasteiger partial charge in [0.15, 0.2) is 0 Å². The van der Waals surface area contributed by atoms with Gasteiger partial charge in [-0.25, -0.2) is 0 Å². The fourth-order valence-electron chi connectivity index (χ4n) is 2.22. The highest BCUT2D eigenvalue weighted by Crippen LogP contribution is 2.29. The number of rotatable bonds is 1. The molecule has 1 heterocycles. The topological polar surface area (TPSA) is 49.4 Å². The molecular weight excluding hydrogens is 400 g/mol. The molecule has 21 heavy (non-hydrogen) atoms. The maximum Gasteiger partial charge on any atom is 0.471 e. The van der Waals surface area contributed by atoms with E-state index in [1.54, 1.807) is 6.07 Å². The fourth-order valence-corrected chi connectivity index (χ4v) is 2.88. The van der Waals surface area contributed by atoms with Crippen molar-refractivity contribution in [2.45, 2.75) is 26.1 Å². The van der Waals surface area contributed by atoms with E-state index in [-0.39, 0.29) is 19.0 Å². The molecule has 1 aliphatic heterocycles. The van der Waals surface area contributed by atoms with E-state index in [1.165, 1.54) is 6.92 Å². The minimum Gasteiger partial charge on any atom is -0.330 e. The Bertz CT molecular complexity index is 602. The van der Waals surface area contributed by atoms with E-state index in [4.69, 9.17) is 0 Å². The van der Waals surface area contributed by atoms with E-state index in [9.17, 15) is 22.8 Å². The lowest BCUT2D eigenvalue weighted by Crippen LogP contribution is -2.43. The van der Waals surface area contributed by atoms with Crippen molar-refractivity contribution in [1.29, 1.82) is 0 Å². The van der Waals surface area contributed by atoms with Crippen LogP contribution in [0.2, 0.25) is 0 Å². The molecule has 1 N–H and O–H groups in total. The number of halogens is 4. The molecule has 0 aromatic heterocycles. The van der Waals surface area contributed by atoms with Crippen molar-refractivity contribution in [2.75, 3.05) is 11.9 Å². The number of anilines is 1. The number of benzene rings is 1. The number of hydrogen-bond donors (Lipinski definition) is 1. The molecule has 0 unspecified atom stereocenters. The van der Waals surface area contributed by atoms with Crippen molar-refractivity contribution in [3.8, 4) is 0 Å². The second kappa shape index (κ2) is 5.82. The summed E-state index contributed by atoms with van der Waals surface area (Å²) in [6, 6.07) is 3.46. The minimum absolute atomic E-state index is 0.0426. The zero-order valence-corrected chi connectivity index (χ0v) is 13.2. The van der Waals surface area contributed by atoms with Gasteiger partial charge in [0, 0.05) is 23.6 Å². The molecule has 0 aliphatic carbocycles. The third-order valence-corrected chi connectivity index (χ3v) is 4.03. The summed E-state index contributed by atoms with van der Waals surface area (Å²) in [5.41, 5.74) is 2.07. The molecule has 0 saturated carbocycles. The zero-order chi connectivity index (χ0) is 15.8. The third-order valence-electron chi connectivity index (χ3n) is 3.14. The van der Waals surface area contributed by atoms with Crippen molar-refractivity contribution in [3.63, 3.8) is 0 Å². The molecule has 0 fully saturated rings. The molecule has 4 nitrogen and oxygen atoms in total. The zero-order valence-electron chi connectivity index (χ0n) is 11.1. The predicted octanol–water partition coefficient (Wildman–Crippen LogP) is 2.70. The summed E-state index contributed by atoms with van der Waals surface area (Å²) in [4.78, 5) is 23.2. The highest BCUT2D eigenvalue weighted by Gasteiger charge is 2.43. The standard InChI is InChI=1S/C13H12F3IN2O2/c1-7(20)18-11-5-9-6-19(12(21)13(14,15)16)3-2-8(9)4-10(11)17/h4-5H,2-3,6H2,1H3,(H,18,20). The van der Waals surface area contributed by atoms with E-state index < -0.39 is 12.1 Å². The summed E-state index contributed by atoms with van der Waals surface area (Å²) in [6.07, 6.45) is -4.49. The predicted molar refractivity (Wildman–Crippen MR) is 78.6 cm³/mol. The Hall–Kier alpha value is -1.32. The highest BCUT2D eigenvalue weighted by atomic mass is 127. The van der Waals surface area contributed by atoms with Crippen LogP contribution >= 0.6 is 22.6 Å². The van der Waals surface area contributed by atoms with Gasteiger partial charge in [-0.15, -0.1) is 0 Å². The van der Waals surface area contributed by atoms with Crippen LogP contribution in [0.3, 0.4) is 0 Å². The van der Waals surface area contributed by atoms with Crippen LogP contribution in [0.25, 0.3) is 0 Å². The molecule has 8 heteroatoms. The molecular formula is C13H12F3IN2O2. The van der Waals surface area contributed by atoms with Crippen LogP contribution in [0.1, 0.15) is 18.1 Å². The van der Waals surface area contributed by atoms with Gasteiger partial charge >= 0.3 is 12.1 Å². The molecule has 0 radical (unpaired) electrons. The molecule has 2 amide bonds. The van der Waals surface area contributed by atoms with Crippen LogP contribution in [0.15, 0.2) is 12.1 Å². The van der Waals surface area contributed by atoms with Crippen LogP contribution in [0.4, 0.5) is 18.9 Å². The van der Waals surface area contributed by atoms with Crippen molar-refractivity contribution in [3.05, 3.63) is 26.8 Å². The summed E-state index contributed by atoms with van der Waals surface area (Å²) in [5.74, 6) is -2.08. The lowest BCUT2D eigenvalue weighted by atomic mass is 9.99. The van der Waals surface area contributed by atoms with Crippen molar-refractivity contribution < 1.29 is 22.8 Å². The monoisotopic (exact) mass is 412 g/mol. The van der Waals surface area contributed by atoms with Gasteiger partial charge in [0.1, 0.15) is 0 Å². The van der Waals surface area contributed by atoms with Crippen LogP contribution in [0, 0.1) is 3.57 Å². The summed E-state index contributed by atoms with van der Waals surface area (Å²) < 4.78 is 38.2. The molecule has 1 aromatic rings. The number of nitrogens with one attached hydrogen (secondary N) is 1. The maximum atomic E-state index is 12.5. The van der Waals surface area contributed by atoms with Crippen molar-refractivity contribution in [2.24, 2.45) is 0 Å². The van der Waals surface area contributed by atoms with Gasteiger partial charge in [-0.3, -0.25) is 9.59 Å². The Balaban J connectivity index is 2.27. The van der Waals surface area contributed by atoms with Crippen molar-refractivity contribution in [1.82, 2.24) is 4.90 Å². The first-order chi connectivity index (χ1) is 9.68. The lowest BCUT2D eigenvalue weighted by molar-refractivity contribution is -0.186. The van der Waals surface area contributed by atoms with E-state index in [0.717, 1.165) is 14.0 Å². The summed E-state index contributed by atoms with van der Waals surface area (Å²) in [6.45, 7) is 1.30. The smallest absolute Gasteiger partial charge is 0.330 e. The summed E-state index contributed by atoms with van der Waals surface area (Å²) in [7, 11) is 0. The Kier molecular flexibility index (Phi) is 4.45. The van der Waals surface area contributed by atoms with E-state index >= 15 is 0 Å². The molecule has 0 saturated heterocycles. The number of carbonyl (C=O) groups is 2. The maximum absolute atomic E-state index is 12.5. The van der Waals surface area contributed by atoms with Crippen LogP contribution in [-0.2, 0) is 22.6 Å². The SMILES string of the molecule is CC(=O)Nc1cc2c(cc1I)CCN(C(=O)C(F)(F)F)C2. The van der Waals surface area contributed by atoms with Crippen LogP contribution in [-0.4, -0.2) is 29.4 Å². The molecule has 0 bridgehead atoms. The van der Waals surface area contributed by atoms with Crippen molar-refractivity contribution >= 4 is 40.1 Å². The van der Waals surface area contributed by atoms with Gasteiger partial charge in [0.25, 0.3) is 0 Å². The summed E-state index contributed by atoms with van der Waals surface area (Å²) >= 11 is 2.06. The van der Waals surface area contributed by atoms with Crippen LogP contribution < -0.4 is 5.32 Å². The number of alkyl halides is 3. The third kappa shape index (κ3) is 3.66. The highest BCUT2D eigenvalue weighted by molar-refractivity contribution is 14.1. The lowest BCUT2D eigenvalue weighted by Gasteiger charge is -2.30. The Morgan fingerprint density at radius 3 is 2.52 bits per heavy atom. The van der Waals surface area contributed by atoms with E-state index in [2.05, 4.69) is 27.9 Å². The Morgan fingerprint density at radius 2 is 1.95 bits per heavy atom. The first kappa shape index (κ1) is 16.1. The second-order valence-corrected chi connectivity index (χ2v) is 5.92. The van der Waals surface area contributed by atoms with Gasteiger partial charge in [-0.2, -0.15) is 13.2 Å². The molecule has 1 aromatic carbocycles.